The lowest BCUT2D eigenvalue weighted by atomic mass is 10.2. The summed E-state index contributed by atoms with van der Waals surface area (Å²) in [5.74, 6) is 0.926. The highest BCUT2D eigenvalue weighted by molar-refractivity contribution is 9.10. The van der Waals surface area contributed by atoms with Crippen LogP contribution in [0, 0.1) is 6.92 Å². The van der Waals surface area contributed by atoms with Crippen LogP contribution >= 0.6 is 28.3 Å². The fourth-order valence-electron chi connectivity index (χ4n) is 2.32. The van der Waals surface area contributed by atoms with Gasteiger partial charge in [0.2, 0.25) is 5.91 Å². The summed E-state index contributed by atoms with van der Waals surface area (Å²) < 4.78 is 6.59. The second-order valence-corrected chi connectivity index (χ2v) is 6.04. The third-order valence-corrected chi connectivity index (χ3v) is 4.26. The molecule has 0 aliphatic carbocycles. The van der Waals surface area contributed by atoms with E-state index in [0.717, 1.165) is 29.7 Å². The van der Waals surface area contributed by atoms with E-state index in [4.69, 9.17) is 4.74 Å². The number of carbonyl (C=O) groups excluding carboxylic acids is 1. The monoisotopic (exact) mass is 376 g/mol. The maximum absolute atomic E-state index is 12.1. The minimum absolute atomic E-state index is 0. The number of rotatable bonds is 5. The van der Waals surface area contributed by atoms with E-state index in [-0.39, 0.29) is 18.3 Å². The number of aryl methyl sites for hydroxylation is 1. The fraction of sp³-hybridized carbons (Fsp3) is 0.533. The molecule has 4 nitrogen and oxygen atoms in total. The van der Waals surface area contributed by atoms with E-state index >= 15 is 0 Å². The minimum atomic E-state index is 0. The average molecular weight is 378 g/mol. The molecule has 1 saturated heterocycles. The predicted molar refractivity (Wildman–Crippen MR) is 90.3 cm³/mol. The third kappa shape index (κ3) is 5.16. The highest BCUT2D eigenvalue weighted by Gasteiger charge is 2.22. The van der Waals surface area contributed by atoms with Gasteiger partial charge in [-0.3, -0.25) is 4.79 Å². The van der Waals surface area contributed by atoms with Crippen LogP contribution in [-0.2, 0) is 4.79 Å². The fourth-order valence-corrected chi connectivity index (χ4v) is 2.93. The van der Waals surface area contributed by atoms with Gasteiger partial charge in [-0.2, -0.15) is 0 Å². The molecule has 118 valence electrons. The van der Waals surface area contributed by atoms with E-state index < -0.39 is 0 Å². The van der Waals surface area contributed by atoms with Gasteiger partial charge in [-0.25, -0.2) is 0 Å². The van der Waals surface area contributed by atoms with Crippen molar-refractivity contribution >= 4 is 34.2 Å². The quantitative estimate of drug-likeness (QED) is 0.858. The molecule has 1 heterocycles. The van der Waals surface area contributed by atoms with Gasteiger partial charge in [-0.05, 0) is 53.5 Å². The average Bonchev–Trinajstić information content (AvgIpc) is 2.94. The van der Waals surface area contributed by atoms with E-state index in [9.17, 15) is 4.79 Å². The summed E-state index contributed by atoms with van der Waals surface area (Å²) in [5.41, 5.74) is 1.17. The number of halogens is 2. The second-order valence-electron chi connectivity index (χ2n) is 5.18. The smallest absolute Gasteiger partial charge is 0.226 e. The van der Waals surface area contributed by atoms with Crippen molar-refractivity contribution in [2.45, 2.75) is 25.8 Å². The molecule has 1 atom stereocenters. The molecule has 0 spiro atoms. The maximum atomic E-state index is 12.1. The van der Waals surface area contributed by atoms with Gasteiger partial charge in [0.15, 0.2) is 0 Å². The number of likely N-dealkylation sites (N-methyl/N-ethyl adjacent to an activating group) is 1. The summed E-state index contributed by atoms with van der Waals surface area (Å²) in [6.45, 7) is 4.33. The van der Waals surface area contributed by atoms with Crippen molar-refractivity contribution in [1.29, 1.82) is 0 Å². The van der Waals surface area contributed by atoms with Crippen molar-refractivity contribution in [1.82, 2.24) is 10.2 Å². The lowest BCUT2D eigenvalue weighted by Crippen LogP contribution is -2.38. The zero-order chi connectivity index (χ0) is 14.5. The first-order valence-corrected chi connectivity index (χ1v) is 7.72. The first kappa shape index (κ1) is 18.3. The van der Waals surface area contributed by atoms with Gasteiger partial charge in [-0.1, -0.05) is 6.07 Å². The number of amides is 1. The highest BCUT2D eigenvalue weighted by Crippen LogP contribution is 2.25. The minimum Gasteiger partial charge on any atom is -0.492 e. The van der Waals surface area contributed by atoms with Crippen LogP contribution in [0.15, 0.2) is 22.7 Å². The SMILES string of the molecule is Cc1ccc(OCCC(=O)N(C)C2CCNC2)c(Br)c1.Cl. The topological polar surface area (TPSA) is 41.6 Å². The standard InChI is InChI=1S/C15H21BrN2O2.ClH/c1-11-3-4-14(13(16)9-11)20-8-6-15(19)18(2)12-5-7-17-10-12;/h3-4,9,12,17H,5-8,10H2,1-2H3;1H. The van der Waals surface area contributed by atoms with Crippen molar-refractivity contribution in [2.24, 2.45) is 0 Å². The van der Waals surface area contributed by atoms with Gasteiger partial charge in [0, 0.05) is 19.6 Å². The van der Waals surface area contributed by atoms with Gasteiger partial charge < -0.3 is 15.0 Å². The Morgan fingerprint density at radius 3 is 2.90 bits per heavy atom. The van der Waals surface area contributed by atoms with Gasteiger partial charge in [-0.15, -0.1) is 12.4 Å². The normalized spacial score (nSPS) is 17.2. The Morgan fingerprint density at radius 2 is 2.29 bits per heavy atom. The van der Waals surface area contributed by atoms with E-state index in [1.54, 1.807) is 0 Å². The molecular formula is C15H22BrClN2O2. The van der Waals surface area contributed by atoms with Crippen LogP contribution in [0.5, 0.6) is 5.75 Å². The number of nitrogens with zero attached hydrogens (tertiary/aromatic N) is 1. The molecule has 2 rings (SSSR count). The molecule has 1 aromatic rings. The molecule has 1 aliphatic heterocycles. The van der Waals surface area contributed by atoms with E-state index in [2.05, 4.69) is 21.2 Å². The van der Waals surface area contributed by atoms with Crippen molar-refractivity contribution in [2.75, 3.05) is 26.7 Å². The lowest BCUT2D eigenvalue weighted by Gasteiger charge is -2.23. The Bertz CT molecular complexity index is 479. The van der Waals surface area contributed by atoms with E-state index in [1.807, 2.05) is 37.1 Å². The molecule has 1 fully saturated rings. The van der Waals surface area contributed by atoms with Gasteiger partial charge in [0.1, 0.15) is 5.75 Å². The van der Waals surface area contributed by atoms with Crippen LogP contribution in [0.1, 0.15) is 18.4 Å². The summed E-state index contributed by atoms with van der Waals surface area (Å²) in [6, 6.07) is 6.26. The van der Waals surface area contributed by atoms with Gasteiger partial charge >= 0.3 is 0 Å². The summed E-state index contributed by atoms with van der Waals surface area (Å²) in [5, 5.41) is 3.27. The lowest BCUT2D eigenvalue weighted by molar-refractivity contribution is -0.132. The maximum Gasteiger partial charge on any atom is 0.226 e. The Balaban J connectivity index is 0.00000220. The predicted octanol–water partition coefficient (Wildman–Crippen LogP) is 2.77. The highest BCUT2D eigenvalue weighted by atomic mass is 79.9. The Hall–Kier alpha value is -0.780. The van der Waals surface area contributed by atoms with Gasteiger partial charge in [0.05, 0.1) is 17.5 Å². The molecule has 1 amide bonds. The molecule has 21 heavy (non-hydrogen) atoms. The number of carbonyl (C=O) groups is 1. The number of benzene rings is 1. The van der Waals surface area contributed by atoms with Gasteiger partial charge in [0.25, 0.3) is 0 Å². The summed E-state index contributed by atoms with van der Waals surface area (Å²) in [4.78, 5) is 13.9. The van der Waals surface area contributed by atoms with Crippen LogP contribution in [0.3, 0.4) is 0 Å². The zero-order valence-electron chi connectivity index (χ0n) is 12.4. The van der Waals surface area contributed by atoms with Crippen molar-refractivity contribution < 1.29 is 9.53 Å². The second kappa shape index (κ2) is 8.61. The first-order valence-electron chi connectivity index (χ1n) is 6.93. The molecule has 6 heteroatoms. The van der Waals surface area contributed by atoms with Crippen LogP contribution in [-0.4, -0.2) is 43.6 Å². The molecule has 0 aromatic heterocycles. The number of ether oxygens (including phenoxy) is 1. The van der Waals surface area contributed by atoms with Crippen molar-refractivity contribution in [3.8, 4) is 5.75 Å². The third-order valence-electron chi connectivity index (χ3n) is 3.64. The molecule has 1 N–H and O–H groups in total. The zero-order valence-corrected chi connectivity index (χ0v) is 14.8. The number of nitrogens with one attached hydrogen (secondary N) is 1. The van der Waals surface area contributed by atoms with Crippen molar-refractivity contribution in [3.63, 3.8) is 0 Å². The van der Waals surface area contributed by atoms with E-state index in [0.29, 0.717) is 19.1 Å². The summed E-state index contributed by atoms with van der Waals surface area (Å²) in [6.07, 6.45) is 1.44. The molecule has 1 aliphatic rings. The van der Waals surface area contributed by atoms with Crippen LogP contribution < -0.4 is 10.1 Å². The number of hydrogen-bond acceptors (Lipinski definition) is 3. The Kier molecular flexibility index (Phi) is 7.49. The molecule has 0 saturated carbocycles. The largest absolute Gasteiger partial charge is 0.492 e. The summed E-state index contributed by atoms with van der Waals surface area (Å²) in [7, 11) is 1.88. The molecule has 0 bridgehead atoms. The van der Waals surface area contributed by atoms with Crippen LogP contribution in [0.25, 0.3) is 0 Å². The number of hydrogen-bond donors (Lipinski definition) is 1. The molecule has 1 aromatic carbocycles. The Morgan fingerprint density at radius 1 is 1.52 bits per heavy atom. The summed E-state index contributed by atoms with van der Waals surface area (Å²) >= 11 is 3.47. The van der Waals surface area contributed by atoms with Crippen LogP contribution in [0.4, 0.5) is 0 Å². The van der Waals surface area contributed by atoms with E-state index in [1.165, 1.54) is 5.56 Å². The molecule has 1 unspecified atom stereocenters. The first-order chi connectivity index (χ1) is 9.58. The Labute approximate surface area is 140 Å². The van der Waals surface area contributed by atoms with Crippen molar-refractivity contribution in [3.05, 3.63) is 28.2 Å². The molecule has 0 radical (unpaired) electrons. The molecular weight excluding hydrogens is 356 g/mol. The van der Waals surface area contributed by atoms with Crippen LogP contribution in [0.2, 0.25) is 0 Å².